The lowest BCUT2D eigenvalue weighted by atomic mass is 10.2. The zero-order valence-corrected chi connectivity index (χ0v) is 11.2. The maximum absolute atomic E-state index is 5.88. The molecule has 92 valence electrons. The molecule has 16 heavy (non-hydrogen) atoms. The molecule has 1 aromatic rings. The first-order valence-electron chi connectivity index (χ1n) is 5.28. The first-order valence-corrected chi connectivity index (χ1v) is 6.43. The number of ether oxygens (including phenoxy) is 1. The second-order valence-corrected chi connectivity index (χ2v) is 4.74. The highest BCUT2D eigenvalue weighted by Gasteiger charge is 2.01. The van der Waals surface area contributed by atoms with Crippen LogP contribution in [0.25, 0.3) is 0 Å². The van der Waals surface area contributed by atoms with Gasteiger partial charge in [-0.05, 0) is 11.3 Å². The summed E-state index contributed by atoms with van der Waals surface area (Å²) in [6.45, 7) is 3.44. The Morgan fingerprint density at radius 1 is 1.31 bits per heavy atom. The highest BCUT2D eigenvalue weighted by atomic mass is 35.5. The Morgan fingerprint density at radius 3 is 2.62 bits per heavy atom. The average Bonchev–Trinajstić information content (AvgIpc) is 2.28. The molecule has 0 heterocycles. The molecule has 2 nitrogen and oxygen atoms in total. The number of rotatable bonds is 7. The number of thioether (sulfide) groups is 1. The minimum absolute atomic E-state index is 0. The van der Waals surface area contributed by atoms with Crippen LogP contribution in [0.4, 0.5) is 0 Å². The number of nitrogens with two attached hydrogens (primary N) is 1. The summed E-state index contributed by atoms with van der Waals surface area (Å²) in [6, 6.07) is 10.3. The van der Waals surface area contributed by atoms with Crippen molar-refractivity contribution in [2.45, 2.75) is 19.6 Å². The Balaban J connectivity index is 0.00000225. The summed E-state index contributed by atoms with van der Waals surface area (Å²) in [5.74, 6) is 2.09. The molecular formula is C12H20ClNOS. The maximum atomic E-state index is 5.88. The van der Waals surface area contributed by atoms with Crippen LogP contribution in [0, 0.1) is 0 Å². The van der Waals surface area contributed by atoms with Gasteiger partial charge in [0.2, 0.25) is 0 Å². The quantitative estimate of drug-likeness (QED) is 0.820. The Hall–Kier alpha value is -0.220. The second-order valence-electron chi connectivity index (χ2n) is 3.42. The molecule has 4 heteroatoms. The van der Waals surface area contributed by atoms with Crippen LogP contribution in [0.3, 0.4) is 0 Å². The molecule has 0 saturated carbocycles. The molecule has 0 aromatic heterocycles. The van der Waals surface area contributed by atoms with E-state index in [1.807, 2.05) is 30.0 Å². The fourth-order valence-electron chi connectivity index (χ4n) is 1.22. The summed E-state index contributed by atoms with van der Waals surface area (Å²) in [4.78, 5) is 0. The number of halogens is 1. The van der Waals surface area contributed by atoms with Crippen molar-refractivity contribution >= 4 is 24.2 Å². The summed E-state index contributed by atoms with van der Waals surface area (Å²) in [7, 11) is 0. The van der Waals surface area contributed by atoms with Gasteiger partial charge in [0.05, 0.1) is 13.2 Å². The van der Waals surface area contributed by atoms with Gasteiger partial charge >= 0.3 is 0 Å². The third-order valence-electron chi connectivity index (χ3n) is 1.98. The lowest BCUT2D eigenvalue weighted by Crippen LogP contribution is -2.28. The van der Waals surface area contributed by atoms with Crippen molar-refractivity contribution in [2.75, 3.05) is 18.1 Å². The topological polar surface area (TPSA) is 35.2 Å². The molecule has 0 amide bonds. The van der Waals surface area contributed by atoms with Crippen LogP contribution in [0.5, 0.6) is 0 Å². The molecule has 1 atom stereocenters. The van der Waals surface area contributed by atoms with Crippen LogP contribution in [-0.4, -0.2) is 24.2 Å². The molecule has 0 unspecified atom stereocenters. The predicted molar refractivity (Wildman–Crippen MR) is 74.3 cm³/mol. The van der Waals surface area contributed by atoms with Gasteiger partial charge < -0.3 is 10.5 Å². The van der Waals surface area contributed by atoms with Crippen molar-refractivity contribution in [3.63, 3.8) is 0 Å². The van der Waals surface area contributed by atoms with E-state index < -0.39 is 0 Å². The van der Waals surface area contributed by atoms with Crippen LogP contribution >= 0.6 is 24.2 Å². The molecule has 0 aliphatic rings. The lowest BCUT2D eigenvalue weighted by molar-refractivity contribution is 0.112. The van der Waals surface area contributed by atoms with Gasteiger partial charge in [-0.2, -0.15) is 11.8 Å². The van der Waals surface area contributed by atoms with E-state index >= 15 is 0 Å². The third kappa shape index (κ3) is 7.12. The molecule has 1 aromatic carbocycles. The van der Waals surface area contributed by atoms with Gasteiger partial charge in [-0.1, -0.05) is 37.3 Å². The molecule has 0 spiro atoms. The summed E-state index contributed by atoms with van der Waals surface area (Å²) in [5, 5.41) is 0. The number of hydrogen-bond donors (Lipinski definition) is 1. The van der Waals surface area contributed by atoms with Crippen LogP contribution in [0.1, 0.15) is 12.5 Å². The monoisotopic (exact) mass is 261 g/mol. The molecule has 0 saturated heterocycles. The van der Waals surface area contributed by atoms with Gasteiger partial charge in [-0.3, -0.25) is 0 Å². The second kappa shape index (κ2) is 9.97. The van der Waals surface area contributed by atoms with Gasteiger partial charge in [-0.25, -0.2) is 0 Å². The van der Waals surface area contributed by atoms with Crippen molar-refractivity contribution in [2.24, 2.45) is 5.73 Å². The molecule has 1 rings (SSSR count). The van der Waals surface area contributed by atoms with E-state index in [0.717, 1.165) is 11.5 Å². The van der Waals surface area contributed by atoms with E-state index in [0.29, 0.717) is 13.2 Å². The molecule has 0 fully saturated rings. The molecule has 2 N–H and O–H groups in total. The normalized spacial score (nSPS) is 11.9. The van der Waals surface area contributed by atoms with Crippen molar-refractivity contribution in [1.82, 2.24) is 0 Å². The van der Waals surface area contributed by atoms with Crippen molar-refractivity contribution < 1.29 is 4.74 Å². The Kier molecular flexibility index (Phi) is 9.83. The maximum Gasteiger partial charge on any atom is 0.0717 e. The molecular weight excluding hydrogens is 242 g/mol. The first kappa shape index (κ1) is 15.8. The molecule has 0 radical (unpaired) electrons. The lowest BCUT2D eigenvalue weighted by Gasteiger charge is -2.11. The fraction of sp³-hybridized carbons (Fsp3) is 0.500. The Labute approximate surface area is 108 Å². The van der Waals surface area contributed by atoms with Crippen molar-refractivity contribution in [1.29, 1.82) is 0 Å². The number of hydrogen-bond acceptors (Lipinski definition) is 3. The summed E-state index contributed by atoms with van der Waals surface area (Å²) >= 11 is 1.86. The van der Waals surface area contributed by atoms with Gasteiger partial charge in [0.1, 0.15) is 0 Å². The van der Waals surface area contributed by atoms with Crippen LogP contribution in [0.15, 0.2) is 30.3 Å². The van der Waals surface area contributed by atoms with Crippen LogP contribution in [0.2, 0.25) is 0 Å². The highest BCUT2D eigenvalue weighted by Crippen LogP contribution is 2.03. The van der Waals surface area contributed by atoms with Gasteiger partial charge in [0.15, 0.2) is 0 Å². The fourth-order valence-corrected chi connectivity index (χ4v) is 1.85. The van der Waals surface area contributed by atoms with Crippen molar-refractivity contribution in [3.8, 4) is 0 Å². The highest BCUT2D eigenvalue weighted by molar-refractivity contribution is 7.99. The average molecular weight is 262 g/mol. The summed E-state index contributed by atoms with van der Waals surface area (Å²) < 4.78 is 5.54. The number of benzene rings is 1. The van der Waals surface area contributed by atoms with Gasteiger partial charge in [-0.15, -0.1) is 12.4 Å². The summed E-state index contributed by atoms with van der Waals surface area (Å²) in [5.41, 5.74) is 7.08. The van der Waals surface area contributed by atoms with Crippen molar-refractivity contribution in [3.05, 3.63) is 35.9 Å². The standard InChI is InChI=1S/C12H19NOS.ClH/c1-2-15-10-12(13)9-14-8-11-6-4-3-5-7-11;/h3-7,12H,2,8-10,13H2,1H3;1H/t12-;/m0./s1. The minimum atomic E-state index is 0. The smallest absolute Gasteiger partial charge is 0.0717 e. The Bertz CT molecular complexity index is 258. The molecule has 0 bridgehead atoms. The van der Waals surface area contributed by atoms with E-state index in [4.69, 9.17) is 10.5 Å². The first-order chi connectivity index (χ1) is 7.33. The van der Waals surface area contributed by atoms with Crippen LogP contribution < -0.4 is 5.73 Å². The van der Waals surface area contributed by atoms with Crippen LogP contribution in [-0.2, 0) is 11.3 Å². The predicted octanol–water partition coefficient (Wildman–Crippen LogP) is 2.71. The zero-order chi connectivity index (χ0) is 10.9. The third-order valence-corrected chi connectivity index (χ3v) is 3.05. The van der Waals surface area contributed by atoms with Gasteiger partial charge in [0.25, 0.3) is 0 Å². The molecule has 0 aliphatic carbocycles. The SMILES string of the molecule is CCSC[C@@H](N)COCc1ccccc1.Cl. The summed E-state index contributed by atoms with van der Waals surface area (Å²) in [6.07, 6.45) is 0. The zero-order valence-electron chi connectivity index (χ0n) is 9.59. The van der Waals surface area contributed by atoms with E-state index in [2.05, 4.69) is 19.1 Å². The van der Waals surface area contributed by atoms with Gasteiger partial charge in [0, 0.05) is 11.8 Å². The largest absolute Gasteiger partial charge is 0.375 e. The minimum Gasteiger partial charge on any atom is -0.375 e. The Morgan fingerprint density at radius 2 is 2.00 bits per heavy atom. The molecule has 0 aliphatic heterocycles. The van der Waals surface area contributed by atoms with E-state index in [-0.39, 0.29) is 18.4 Å². The van der Waals surface area contributed by atoms with E-state index in [1.165, 1.54) is 5.56 Å². The van der Waals surface area contributed by atoms with E-state index in [9.17, 15) is 0 Å². The van der Waals surface area contributed by atoms with E-state index in [1.54, 1.807) is 0 Å².